The highest BCUT2D eigenvalue weighted by atomic mass is 127. The van der Waals surface area contributed by atoms with Crippen molar-refractivity contribution >= 4 is 29.9 Å². The summed E-state index contributed by atoms with van der Waals surface area (Å²) in [5, 5.41) is 6.71. The molecule has 1 atom stereocenters. The normalized spacial score (nSPS) is 20.5. The lowest BCUT2D eigenvalue weighted by Crippen LogP contribution is -2.45. The maximum absolute atomic E-state index is 5.82. The molecule has 24 heavy (non-hydrogen) atoms. The van der Waals surface area contributed by atoms with Gasteiger partial charge >= 0.3 is 0 Å². The van der Waals surface area contributed by atoms with E-state index in [2.05, 4.69) is 36.6 Å². The molecule has 0 saturated carbocycles. The monoisotopic (exact) mass is 447 g/mol. The van der Waals surface area contributed by atoms with E-state index < -0.39 is 0 Å². The van der Waals surface area contributed by atoms with Crippen LogP contribution in [0, 0.1) is 0 Å². The second kappa shape index (κ2) is 10.9. The van der Waals surface area contributed by atoms with Crippen molar-refractivity contribution in [3.63, 3.8) is 0 Å². The molecule has 2 rings (SSSR count). The summed E-state index contributed by atoms with van der Waals surface area (Å²) in [4.78, 5) is 4.70. The molecule has 1 aliphatic heterocycles. The van der Waals surface area contributed by atoms with Gasteiger partial charge in [-0.1, -0.05) is 24.3 Å². The predicted octanol–water partition coefficient (Wildman–Crippen LogP) is 3.08. The molecule has 1 fully saturated rings. The molecule has 136 valence electrons. The first-order valence-electron chi connectivity index (χ1n) is 8.39. The van der Waals surface area contributed by atoms with Crippen molar-refractivity contribution in [2.75, 3.05) is 26.8 Å². The fraction of sp³-hybridized carbons (Fsp3) is 0.611. The van der Waals surface area contributed by atoms with Gasteiger partial charge in [-0.25, -0.2) is 4.99 Å². The quantitative estimate of drug-likeness (QED) is 0.383. The summed E-state index contributed by atoms with van der Waals surface area (Å²) >= 11 is 0. The highest BCUT2D eigenvalue weighted by Crippen LogP contribution is 2.23. The zero-order valence-corrected chi connectivity index (χ0v) is 17.3. The summed E-state index contributed by atoms with van der Waals surface area (Å²) < 4.78 is 11.1. The Bertz CT molecular complexity index is 517. The third-order valence-electron chi connectivity index (χ3n) is 4.10. The SMILES string of the molecule is CCNC(=NCc1ccccc1COC)NCC1(C)CCCO1.I. The molecule has 1 aliphatic rings. The topological polar surface area (TPSA) is 54.9 Å². The van der Waals surface area contributed by atoms with Crippen molar-refractivity contribution < 1.29 is 9.47 Å². The van der Waals surface area contributed by atoms with Crippen LogP contribution in [0.5, 0.6) is 0 Å². The van der Waals surface area contributed by atoms with Gasteiger partial charge in [0.05, 0.1) is 18.8 Å². The Morgan fingerprint density at radius 2 is 2.04 bits per heavy atom. The summed E-state index contributed by atoms with van der Waals surface area (Å²) in [6.07, 6.45) is 2.23. The average Bonchev–Trinajstić information content (AvgIpc) is 2.99. The van der Waals surface area contributed by atoms with E-state index in [1.54, 1.807) is 7.11 Å². The number of hydrogen-bond donors (Lipinski definition) is 2. The minimum Gasteiger partial charge on any atom is -0.380 e. The largest absolute Gasteiger partial charge is 0.380 e. The number of aliphatic imine (C=N–C) groups is 1. The molecule has 1 heterocycles. The van der Waals surface area contributed by atoms with Crippen molar-refractivity contribution in [2.24, 2.45) is 4.99 Å². The van der Waals surface area contributed by atoms with Gasteiger partial charge in [-0.2, -0.15) is 0 Å². The first kappa shape index (κ1) is 21.2. The Hall–Kier alpha value is -0.860. The molecular weight excluding hydrogens is 417 g/mol. The van der Waals surface area contributed by atoms with Crippen molar-refractivity contribution in [1.29, 1.82) is 0 Å². The molecule has 1 aromatic rings. The lowest BCUT2D eigenvalue weighted by molar-refractivity contribution is 0.0243. The molecule has 0 bridgehead atoms. The number of ether oxygens (including phenoxy) is 2. The zero-order valence-electron chi connectivity index (χ0n) is 14.9. The second-order valence-electron chi connectivity index (χ2n) is 6.15. The summed E-state index contributed by atoms with van der Waals surface area (Å²) in [6, 6.07) is 8.26. The third kappa shape index (κ3) is 6.57. The van der Waals surface area contributed by atoms with Crippen LogP contribution in [0.3, 0.4) is 0 Å². The molecule has 0 spiro atoms. The van der Waals surface area contributed by atoms with Crippen LogP contribution in [-0.4, -0.2) is 38.4 Å². The molecule has 2 N–H and O–H groups in total. The van der Waals surface area contributed by atoms with Crippen molar-refractivity contribution in [3.8, 4) is 0 Å². The van der Waals surface area contributed by atoms with E-state index in [1.165, 1.54) is 11.1 Å². The van der Waals surface area contributed by atoms with Crippen molar-refractivity contribution in [3.05, 3.63) is 35.4 Å². The number of guanidine groups is 1. The molecule has 1 aromatic carbocycles. The second-order valence-corrected chi connectivity index (χ2v) is 6.15. The minimum absolute atomic E-state index is 0. The van der Waals surface area contributed by atoms with E-state index in [-0.39, 0.29) is 29.6 Å². The predicted molar refractivity (Wildman–Crippen MR) is 109 cm³/mol. The summed E-state index contributed by atoms with van der Waals surface area (Å²) in [5.41, 5.74) is 2.29. The maximum atomic E-state index is 5.82. The molecule has 0 aliphatic carbocycles. The van der Waals surface area contributed by atoms with Crippen LogP contribution in [0.1, 0.15) is 37.8 Å². The van der Waals surface area contributed by atoms with E-state index >= 15 is 0 Å². The molecule has 0 aromatic heterocycles. The van der Waals surface area contributed by atoms with E-state index in [0.717, 1.165) is 38.5 Å². The molecular formula is C18H30IN3O2. The van der Waals surface area contributed by atoms with Gasteiger partial charge in [-0.3, -0.25) is 0 Å². The van der Waals surface area contributed by atoms with Gasteiger partial charge in [0.15, 0.2) is 5.96 Å². The van der Waals surface area contributed by atoms with E-state index in [9.17, 15) is 0 Å². The van der Waals surface area contributed by atoms with Gasteiger partial charge < -0.3 is 20.1 Å². The Labute approximate surface area is 162 Å². The van der Waals surface area contributed by atoms with Gasteiger partial charge in [-0.05, 0) is 37.8 Å². The minimum atomic E-state index is -0.0792. The maximum Gasteiger partial charge on any atom is 0.191 e. The summed E-state index contributed by atoms with van der Waals surface area (Å²) in [7, 11) is 1.72. The van der Waals surface area contributed by atoms with Crippen molar-refractivity contribution in [1.82, 2.24) is 10.6 Å². The van der Waals surface area contributed by atoms with Crippen LogP contribution in [-0.2, 0) is 22.6 Å². The Morgan fingerprint density at radius 3 is 2.67 bits per heavy atom. The van der Waals surface area contributed by atoms with Gasteiger partial charge in [0, 0.05) is 26.8 Å². The molecule has 6 heteroatoms. The van der Waals surface area contributed by atoms with Gasteiger partial charge in [0.2, 0.25) is 0 Å². The third-order valence-corrected chi connectivity index (χ3v) is 4.10. The van der Waals surface area contributed by atoms with E-state index in [1.807, 2.05) is 12.1 Å². The van der Waals surface area contributed by atoms with Crippen LogP contribution in [0.25, 0.3) is 0 Å². The number of methoxy groups -OCH3 is 1. The Morgan fingerprint density at radius 1 is 1.29 bits per heavy atom. The number of rotatable bonds is 7. The van der Waals surface area contributed by atoms with Crippen molar-refractivity contribution in [2.45, 2.75) is 45.4 Å². The molecule has 5 nitrogen and oxygen atoms in total. The first-order valence-corrected chi connectivity index (χ1v) is 8.39. The molecule has 1 unspecified atom stereocenters. The highest BCUT2D eigenvalue weighted by Gasteiger charge is 2.29. The van der Waals surface area contributed by atoms with E-state index in [4.69, 9.17) is 14.5 Å². The fourth-order valence-electron chi connectivity index (χ4n) is 2.76. The number of nitrogens with zero attached hydrogens (tertiary/aromatic N) is 1. The molecule has 0 amide bonds. The molecule has 1 saturated heterocycles. The first-order chi connectivity index (χ1) is 11.2. The summed E-state index contributed by atoms with van der Waals surface area (Å²) in [6.45, 7) is 7.94. The Kier molecular flexibility index (Phi) is 9.61. The summed E-state index contributed by atoms with van der Waals surface area (Å²) in [5.74, 6) is 0.830. The van der Waals surface area contributed by atoms with Crippen LogP contribution >= 0.6 is 24.0 Å². The lowest BCUT2D eigenvalue weighted by Gasteiger charge is -2.24. The van der Waals surface area contributed by atoms with Crippen LogP contribution in [0.15, 0.2) is 29.3 Å². The van der Waals surface area contributed by atoms with Crippen LogP contribution in [0.4, 0.5) is 0 Å². The van der Waals surface area contributed by atoms with Crippen LogP contribution in [0.2, 0.25) is 0 Å². The number of hydrogen-bond acceptors (Lipinski definition) is 3. The number of halogens is 1. The van der Waals surface area contributed by atoms with Gasteiger partial charge in [0.1, 0.15) is 0 Å². The van der Waals surface area contributed by atoms with Gasteiger partial charge in [0.25, 0.3) is 0 Å². The average molecular weight is 447 g/mol. The highest BCUT2D eigenvalue weighted by molar-refractivity contribution is 14.0. The van der Waals surface area contributed by atoms with Gasteiger partial charge in [-0.15, -0.1) is 24.0 Å². The smallest absolute Gasteiger partial charge is 0.191 e. The zero-order chi connectivity index (χ0) is 16.5. The number of nitrogens with one attached hydrogen (secondary N) is 2. The fourth-order valence-corrected chi connectivity index (χ4v) is 2.76. The lowest BCUT2D eigenvalue weighted by atomic mass is 10.0. The van der Waals surface area contributed by atoms with E-state index in [0.29, 0.717) is 13.2 Å². The molecule has 0 radical (unpaired) electrons. The number of benzene rings is 1. The van der Waals surface area contributed by atoms with Crippen LogP contribution < -0.4 is 10.6 Å². The standard InChI is InChI=1S/C18H29N3O2.HI/c1-4-19-17(21-14-18(2)10-7-11-23-18)20-12-15-8-5-6-9-16(15)13-22-3;/h5-6,8-9H,4,7,10-14H2,1-3H3,(H2,19,20,21);1H. The Balaban J connectivity index is 0.00000288.